The second-order valence-corrected chi connectivity index (χ2v) is 8.79. The molecule has 4 rings (SSSR count). The van der Waals surface area contributed by atoms with Gasteiger partial charge in [-0.05, 0) is 43.0 Å². The summed E-state index contributed by atoms with van der Waals surface area (Å²) in [5.74, 6) is 0.968. The zero-order chi connectivity index (χ0) is 23.4. The van der Waals surface area contributed by atoms with Gasteiger partial charge in [-0.2, -0.15) is 0 Å². The number of amides is 1. The molecule has 1 aliphatic rings. The molecule has 33 heavy (non-hydrogen) atoms. The van der Waals surface area contributed by atoms with Crippen molar-refractivity contribution in [1.29, 1.82) is 0 Å². The van der Waals surface area contributed by atoms with E-state index < -0.39 is 0 Å². The predicted molar refractivity (Wildman–Crippen MR) is 128 cm³/mol. The van der Waals surface area contributed by atoms with Crippen LogP contribution in [0.25, 0.3) is 11.3 Å². The minimum Gasteiger partial charge on any atom is -0.493 e. The first kappa shape index (κ1) is 23.2. The normalized spacial score (nSPS) is 15.5. The molecule has 1 saturated heterocycles. The molecule has 8 heteroatoms. The van der Waals surface area contributed by atoms with Gasteiger partial charge >= 0.3 is 0 Å². The molecule has 0 radical (unpaired) electrons. The van der Waals surface area contributed by atoms with E-state index in [1.807, 2.05) is 42.6 Å². The van der Waals surface area contributed by atoms with E-state index in [0.717, 1.165) is 35.2 Å². The Balaban J connectivity index is 1.67. The number of carbonyl (C=O) groups excluding carboxylic acids is 1. The molecule has 1 aliphatic heterocycles. The summed E-state index contributed by atoms with van der Waals surface area (Å²) in [6.07, 6.45) is 1.88. The van der Waals surface area contributed by atoms with Gasteiger partial charge in [0.15, 0.2) is 16.6 Å². The van der Waals surface area contributed by atoms with Gasteiger partial charge in [0, 0.05) is 23.1 Å². The van der Waals surface area contributed by atoms with E-state index in [9.17, 15) is 9.90 Å². The van der Waals surface area contributed by atoms with Crippen LogP contribution in [0.1, 0.15) is 34.3 Å². The molecule has 2 heterocycles. The van der Waals surface area contributed by atoms with Crippen molar-refractivity contribution in [2.24, 2.45) is 0 Å². The number of aliphatic hydroxyl groups is 1. The summed E-state index contributed by atoms with van der Waals surface area (Å²) >= 11 is 1.42. The Morgan fingerprint density at radius 1 is 1.24 bits per heavy atom. The summed E-state index contributed by atoms with van der Waals surface area (Å²) in [6, 6.07) is 11.1. The molecule has 0 aliphatic carbocycles. The van der Waals surface area contributed by atoms with Crippen LogP contribution in [0.4, 0.5) is 5.13 Å². The van der Waals surface area contributed by atoms with Crippen LogP contribution >= 0.6 is 11.3 Å². The van der Waals surface area contributed by atoms with Gasteiger partial charge in [0.25, 0.3) is 5.91 Å². The summed E-state index contributed by atoms with van der Waals surface area (Å²) < 4.78 is 16.7. The summed E-state index contributed by atoms with van der Waals surface area (Å²) in [7, 11) is 3.14. The Hall–Kier alpha value is -2.94. The smallest absolute Gasteiger partial charge is 0.260 e. The lowest BCUT2D eigenvalue weighted by Gasteiger charge is -2.24. The predicted octanol–water partition coefficient (Wildman–Crippen LogP) is 4.45. The number of anilines is 1. The number of thiazole rings is 1. The van der Waals surface area contributed by atoms with E-state index in [4.69, 9.17) is 19.2 Å². The fourth-order valence-electron chi connectivity index (χ4n) is 3.98. The number of nitrogens with zero attached hydrogens (tertiary/aromatic N) is 2. The van der Waals surface area contributed by atoms with Gasteiger partial charge < -0.3 is 19.3 Å². The molecule has 7 nitrogen and oxygen atoms in total. The molecule has 2 aromatic carbocycles. The number of aliphatic hydroxyl groups excluding tert-OH is 1. The highest BCUT2D eigenvalue weighted by Gasteiger charge is 2.28. The molecule has 1 atom stereocenters. The third kappa shape index (κ3) is 5.03. The van der Waals surface area contributed by atoms with Gasteiger partial charge in [-0.3, -0.25) is 9.69 Å². The molecular weight excluding hydrogens is 440 g/mol. The van der Waals surface area contributed by atoms with Crippen LogP contribution < -0.4 is 14.4 Å². The summed E-state index contributed by atoms with van der Waals surface area (Å²) in [6.45, 7) is 3.03. The maximum Gasteiger partial charge on any atom is 0.260 e. The lowest BCUT2D eigenvalue weighted by Crippen LogP contribution is -2.37. The SMILES string of the molecule is COc1cc(C(=O)N(CC2CCCO2)c2nc(-c3ccc(CO)cc3)cs2)cc(C)c1OC. The van der Waals surface area contributed by atoms with Crippen molar-refractivity contribution in [3.63, 3.8) is 0 Å². The molecule has 1 aromatic heterocycles. The molecule has 1 N–H and O–H groups in total. The fraction of sp³-hybridized carbons (Fsp3) is 0.360. The third-order valence-electron chi connectivity index (χ3n) is 5.72. The Labute approximate surface area is 197 Å². The van der Waals surface area contributed by atoms with Crippen LogP contribution in [-0.4, -0.2) is 49.5 Å². The van der Waals surface area contributed by atoms with Gasteiger partial charge in [-0.25, -0.2) is 4.98 Å². The number of rotatable bonds is 8. The number of methoxy groups -OCH3 is 2. The summed E-state index contributed by atoms with van der Waals surface area (Å²) in [4.78, 5) is 20.2. The zero-order valence-electron chi connectivity index (χ0n) is 19.0. The molecule has 174 valence electrons. The highest BCUT2D eigenvalue weighted by atomic mass is 32.1. The van der Waals surface area contributed by atoms with Crippen LogP contribution in [0.5, 0.6) is 11.5 Å². The second kappa shape index (κ2) is 10.3. The minimum atomic E-state index is -0.161. The highest BCUT2D eigenvalue weighted by molar-refractivity contribution is 7.14. The van der Waals surface area contributed by atoms with E-state index in [2.05, 4.69) is 0 Å². The molecule has 1 fully saturated rings. The number of hydrogen-bond donors (Lipinski definition) is 1. The first-order valence-corrected chi connectivity index (χ1v) is 11.7. The third-order valence-corrected chi connectivity index (χ3v) is 6.59. The molecule has 3 aromatic rings. The number of ether oxygens (including phenoxy) is 3. The number of aryl methyl sites for hydroxylation is 1. The van der Waals surface area contributed by atoms with Crippen LogP contribution in [0.2, 0.25) is 0 Å². The number of hydrogen-bond acceptors (Lipinski definition) is 7. The first-order valence-electron chi connectivity index (χ1n) is 10.9. The van der Waals surface area contributed by atoms with E-state index in [-0.39, 0.29) is 18.6 Å². The van der Waals surface area contributed by atoms with Gasteiger partial charge in [0.1, 0.15) is 0 Å². The van der Waals surface area contributed by atoms with Crippen molar-refractivity contribution in [3.05, 3.63) is 58.5 Å². The van der Waals surface area contributed by atoms with E-state index >= 15 is 0 Å². The highest BCUT2D eigenvalue weighted by Crippen LogP contribution is 2.34. The molecule has 0 spiro atoms. The van der Waals surface area contributed by atoms with Gasteiger partial charge in [0.2, 0.25) is 0 Å². The second-order valence-electron chi connectivity index (χ2n) is 7.95. The van der Waals surface area contributed by atoms with Crippen LogP contribution in [-0.2, 0) is 11.3 Å². The molecule has 1 amide bonds. The van der Waals surface area contributed by atoms with Gasteiger partial charge in [-0.1, -0.05) is 24.3 Å². The Kier molecular flexibility index (Phi) is 7.27. The van der Waals surface area contributed by atoms with Crippen molar-refractivity contribution in [2.75, 3.05) is 32.3 Å². The Morgan fingerprint density at radius 3 is 2.67 bits per heavy atom. The van der Waals surface area contributed by atoms with E-state index in [0.29, 0.717) is 35.3 Å². The zero-order valence-corrected chi connectivity index (χ0v) is 19.9. The van der Waals surface area contributed by atoms with E-state index in [1.54, 1.807) is 25.2 Å². The maximum absolute atomic E-state index is 13.7. The van der Waals surface area contributed by atoms with Crippen LogP contribution in [0.15, 0.2) is 41.8 Å². The quantitative estimate of drug-likeness (QED) is 0.526. The topological polar surface area (TPSA) is 81.1 Å². The largest absolute Gasteiger partial charge is 0.493 e. The van der Waals surface area contributed by atoms with Crippen LogP contribution in [0, 0.1) is 6.92 Å². The number of aromatic nitrogens is 1. The lowest BCUT2D eigenvalue weighted by atomic mass is 10.1. The summed E-state index contributed by atoms with van der Waals surface area (Å²) in [5, 5.41) is 11.8. The molecule has 0 bridgehead atoms. The van der Waals surface area contributed by atoms with Crippen molar-refractivity contribution >= 4 is 22.4 Å². The first-order chi connectivity index (χ1) is 16.0. The monoisotopic (exact) mass is 468 g/mol. The average molecular weight is 469 g/mol. The standard InChI is InChI=1S/C25H28N2O5S/c1-16-11-19(12-22(30-2)23(16)31-3)24(29)27(13-20-5-4-10-32-20)25-26-21(15-33-25)18-8-6-17(14-28)7-9-18/h6-9,11-12,15,20,28H,4-5,10,13-14H2,1-3H3. The minimum absolute atomic E-state index is 0.00297. The number of carbonyl (C=O) groups is 1. The molecule has 1 unspecified atom stereocenters. The fourth-order valence-corrected chi connectivity index (χ4v) is 4.82. The van der Waals surface area contributed by atoms with Crippen molar-refractivity contribution < 1.29 is 24.1 Å². The van der Waals surface area contributed by atoms with Crippen molar-refractivity contribution in [3.8, 4) is 22.8 Å². The lowest BCUT2D eigenvalue weighted by molar-refractivity contribution is 0.0917. The number of benzene rings is 2. The van der Waals surface area contributed by atoms with Crippen molar-refractivity contribution in [1.82, 2.24) is 4.98 Å². The van der Waals surface area contributed by atoms with Crippen molar-refractivity contribution in [2.45, 2.75) is 32.5 Å². The summed E-state index contributed by atoms with van der Waals surface area (Å²) in [5.41, 5.74) is 3.88. The molecule has 0 saturated carbocycles. The van der Waals surface area contributed by atoms with Gasteiger partial charge in [0.05, 0.1) is 39.2 Å². The maximum atomic E-state index is 13.7. The molecular formula is C25H28N2O5S. The van der Waals surface area contributed by atoms with Gasteiger partial charge in [-0.15, -0.1) is 11.3 Å². The Morgan fingerprint density at radius 2 is 2.03 bits per heavy atom. The average Bonchev–Trinajstić information content (AvgIpc) is 3.54. The Bertz CT molecular complexity index is 1110. The van der Waals surface area contributed by atoms with E-state index in [1.165, 1.54) is 11.3 Å². The van der Waals surface area contributed by atoms with Crippen LogP contribution in [0.3, 0.4) is 0 Å².